The highest BCUT2D eigenvalue weighted by Gasteiger charge is 2.21. The lowest BCUT2D eigenvalue weighted by molar-refractivity contribution is -0.155. The fourth-order valence-electron chi connectivity index (χ4n) is 3.57. The number of sulfonamides is 1. The molecule has 0 aliphatic heterocycles. The van der Waals surface area contributed by atoms with Crippen molar-refractivity contribution in [3.8, 4) is 5.88 Å². The minimum Gasteiger partial charge on any atom is -0.475 e. The van der Waals surface area contributed by atoms with Crippen LogP contribution >= 0.6 is 0 Å². The average Bonchev–Trinajstić information content (AvgIpc) is 3.10. The van der Waals surface area contributed by atoms with Gasteiger partial charge in [-0.2, -0.15) is 0 Å². The molecule has 0 amide bonds. The van der Waals surface area contributed by atoms with Crippen LogP contribution in [0.25, 0.3) is 10.9 Å². The molecule has 0 unspecified atom stereocenters. The Morgan fingerprint density at radius 3 is 2.41 bits per heavy atom. The van der Waals surface area contributed by atoms with Gasteiger partial charge in [0, 0.05) is 30.3 Å². The lowest BCUT2D eigenvalue weighted by atomic mass is 10.1. The summed E-state index contributed by atoms with van der Waals surface area (Å²) in [5.41, 5.74) is 1.41. The van der Waals surface area contributed by atoms with Crippen molar-refractivity contribution in [2.75, 3.05) is 36.6 Å². The number of methoxy groups -OCH3 is 1. The van der Waals surface area contributed by atoms with Crippen LogP contribution in [0.1, 0.15) is 38.1 Å². The van der Waals surface area contributed by atoms with Crippen LogP contribution in [0.5, 0.6) is 5.88 Å². The van der Waals surface area contributed by atoms with Gasteiger partial charge in [-0.1, -0.05) is 0 Å². The van der Waals surface area contributed by atoms with Crippen LogP contribution in [0, 0.1) is 0 Å². The van der Waals surface area contributed by atoms with Crippen LogP contribution in [-0.4, -0.2) is 61.9 Å². The lowest BCUT2D eigenvalue weighted by Crippen LogP contribution is -2.26. The minimum atomic E-state index is -3.65. The summed E-state index contributed by atoms with van der Waals surface area (Å²) in [5.74, 6) is -0.294. The number of fused-ring (bicyclic) bond motifs is 1. The zero-order valence-corrected chi connectivity index (χ0v) is 22.6. The summed E-state index contributed by atoms with van der Waals surface area (Å²) in [5, 5.41) is 3.65. The quantitative estimate of drug-likeness (QED) is 0.215. The van der Waals surface area contributed by atoms with Gasteiger partial charge >= 0.3 is 5.97 Å². The number of rotatable bonds is 11. The molecule has 0 aliphatic rings. The van der Waals surface area contributed by atoms with E-state index in [9.17, 15) is 18.0 Å². The van der Waals surface area contributed by atoms with Gasteiger partial charge in [-0.15, -0.1) is 0 Å². The van der Waals surface area contributed by atoms with Crippen molar-refractivity contribution in [2.24, 2.45) is 0 Å². The molecule has 0 aliphatic carbocycles. The maximum absolute atomic E-state index is 12.5. The molecule has 0 spiro atoms. The predicted octanol–water partition coefficient (Wildman–Crippen LogP) is 3.72. The van der Waals surface area contributed by atoms with Crippen molar-refractivity contribution in [1.82, 2.24) is 9.55 Å². The number of hydrogen-bond donors (Lipinski definition) is 2. The number of carbonyl (C=O) groups excluding carboxylic acids is 2. The van der Waals surface area contributed by atoms with Gasteiger partial charge in [0.2, 0.25) is 15.9 Å². The third-order valence-corrected chi connectivity index (χ3v) is 5.56. The SMILES string of the molecule is COCCOc1ccc(Nc2cc3c(cc2NS(C)(=O)=O)c(C(C)=O)cn3CC(=O)OC(C)(C)C)cn1. The highest BCUT2D eigenvalue weighted by Crippen LogP contribution is 2.34. The number of Topliss-reactive ketones (excluding diaryl/α,β-unsaturated/α-hetero) is 1. The number of esters is 1. The van der Waals surface area contributed by atoms with Crippen molar-refractivity contribution in [3.05, 3.63) is 42.2 Å². The lowest BCUT2D eigenvalue weighted by Gasteiger charge is -2.20. The molecule has 2 aromatic heterocycles. The molecule has 0 saturated heterocycles. The van der Waals surface area contributed by atoms with Crippen molar-refractivity contribution < 1.29 is 32.2 Å². The Hall–Kier alpha value is -3.64. The molecule has 0 saturated carbocycles. The highest BCUT2D eigenvalue weighted by molar-refractivity contribution is 7.92. The number of carbonyl (C=O) groups is 2. The number of nitrogens with one attached hydrogen (secondary N) is 2. The van der Waals surface area contributed by atoms with E-state index in [-0.39, 0.29) is 18.0 Å². The van der Waals surface area contributed by atoms with Gasteiger partial charge < -0.3 is 24.1 Å². The zero-order chi connectivity index (χ0) is 27.4. The third kappa shape index (κ3) is 7.92. The molecule has 37 heavy (non-hydrogen) atoms. The van der Waals surface area contributed by atoms with Gasteiger partial charge in [0.1, 0.15) is 18.8 Å². The average molecular weight is 533 g/mol. The number of benzene rings is 1. The van der Waals surface area contributed by atoms with Crippen LogP contribution in [-0.2, 0) is 30.8 Å². The molecular formula is C25H32N4O7S. The monoisotopic (exact) mass is 532 g/mol. The normalized spacial score (nSPS) is 11.8. The van der Waals surface area contributed by atoms with Crippen LogP contribution in [0.3, 0.4) is 0 Å². The van der Waals surface area contributed by atoms with Gasteiger partial charge in [-0.3, -0.25) is 14.3 Å². The standard InChI is InChI=1S/C25H32N4O7S/c1-16(30)19-14-29(15-24(31)36-25(2,3)4)22-12-20(21(11-18(19)22)28-37(6,32)33)27-17-7-8-23(26-13-17)35-10-9-34-5/h7-8,11-14,27-28H,9-10,15H2,1-6H3. The third-order valence-electron chi connectivity index (χ3n) is 4.97. The van der Waals surface area contributed by atoms with E-state index in [0.29, 0.717) is 46.9 Å². The first-order valence-corrected chi connectivity index (χ1v) is 13.4. The van der Waals surface area contributed by atoms with Gasteiger partial charge in [0.05, 0.1) is 41.6 Å². The van der Waals surface area contributed by atoms with Gasteiger partial charge in [0.25, 0.3) is 0 Å². The van der Waals surface area contributed by atoms with Crippen LogP contribution in [0.15, 0.2) is 36.7 Å². The van der Waals surface area contributed by atoms with Crippen molar-refractivity contribution in [2.45, 2.75) is 39.8 Å². The Balaban J connectivity index is 2.04. The number of pyridine rings is 1. The van der Waals surface area contributed by atoms with E-state index in [1.807, 2.05) is 0 Å². The van der Waals surface area contributed by atoms with E-state index >= 15 is 0 Å². The second kappa shape index (κ2) is 11.2. The Morgan fingerprint density at radius 2 is 1.84 bits per heavy atom. The first-order valence-electron chi connectivity index (χ1n) is 11.5. The molecule has 0 bridgehead atoms. The molecule has 3 aromatic rings. The largest absolute Gasteiger partial charge is 0.475 e. The molecular weight excluding hydrogens is 500 g/mol. The second-order valence-corrected chi connectivity index (χ2v) is 11.2. The Morgan fingerprint density at radius 1 is 1.11 bits per heavy atom. The molecule has 0 radical (unpaired) electrons. The number of ether oxygens (including phenoxy) is 3. The Kier molecular flexibility index (Phi) is 8.44. The van der Waals surface area contributed by atoms with Gasteiger partial charge in [-0.25, -0.2) is 13.4 Å². The second-order valence-electron chi connectivity index (χ2n) is 9.45. The van der Waals surface area contributed by atoms with Crippen molar-refractivity contribution in [3.63, 3.8) is 0 Å². The smallest absolute Gasteiger partial charge is 0.326 e. The van der Waals surface area contributed by atoms with E-state index in [1.54, 1.807) is 62.9 Å². The summed E-state index contributed by atoms with van der Waals surface area (Å²) in [7, 11) is -2.07. The fraction of sp³-hybridized carbons (Fsp3) is 0.400. The van der Waals surface area contributed by atoms with E-state index in [4.69, 9.17) is 14.2 Å². The van der Waals surface area contributed by atoms with E-state index in [2.05, 4.69) is 15.0 Å². The summed E-state index contributed by atoms with van der Waals surface area (Å²) in [6, 6.07) is 6.63. The van der Waals surface area contributed by atoms with Crippen molar-refractivity contribution >= 4 is 49.7 Å². The van der Waals surface area contributed by atoms with Crippen LogP contribution in [0.4, 0.5) is 17.1 Å². The highest BCUT2D eigenvalue weighted by atomic mass is 32.2. The minimum absolute atomic E-state index is 0.131. The summed E-state index contributed by atoms with van der Waals surface area (Å²) in [6.07, 6.45) is 4.14. The molecule has 0 atom stereocenters. The van der Waals surface area contributed by atoms with E-state index in [1.165, 1.54) is 13.1 Å². The maximum atomic E-state index is 12.5. The molecule has 3 rings (SSSR count). The van der Waals surface area contributed by atoms with E-state index in [0.717, 1.165) is 6.26 Å². The summed E-state index contributed by atoms with van der Waals surface area (Å²) in [4.78, 5) is 29.2. The summed E-state index contributed by atoms with van der Waals surface area (Å²) < 4.78 is 44.2. The molecule has 2 heterocycles. The fourth-order valence-corrected chi connectivity index (χ4v) is 4.14. The summed E-state index contributed by atoms with van der Waals surface area (Å²) >= 11 is 0. The molecule has 12 heteroatoms. The first-order chi connectivity index (χ1) is 17.3. The zero-order valence-electron chi connectivity index (χ0n) is 21.7. The molecule has 11 nitrogen and oxygen atoms in total. The number of nitrogens with zero attached hydrogens (tertiary/aromatic N) is 2. The molecule has 2 N–H and O–H groups in total. The Labute approximate surface area is 216 Å². The molecule has 0 fully saturated rings. The van der Waals surface area contributed by atoms with Gasteiger partial charge in [0.15, 0.2) is 5.78 Å². The first kappa shape index (κ1) is 27.9. The van der Waals surface area contributed by atoms with E-state index < -0.39 is 21.6 Å². The number of aromatic nitrogens is 2. The molecule has 1 aromatic carbocycles. The number of hydrogen-bond acceptors (Lipinski definition) is 9. The predicted molar refractivity (Wildman–Crippen MR) is 141 cm³/mol. The van der Waals surface area contributed by atoms with Crippen LogP contribution in [0.2, 0.25) is 0 Å². The number of ketones is 1. The Bertz CT molecular complexity index is 1390. The van der Waals surface area contributed by atoms with Crippen LogP contribution < -0.4 is 14.8 Å². The van der Waals surface area contributed by atoms with Crippen molar-refractivity contribution in [1.29, 1.82) is 0 Å². The maximum Gasteiger partial charge on any atom is 0.326 e. The topological polar surface area (TPSA) is 138 Å². The number of anilines is 3. The molecule has 200 valence electrons. The summed E-state index contributed by atoms with van der Waals surface area (Å²) in [6.45, 7) is 7.36. The van der Waals surface area contributed by atoms with Gasteiger partial charge in [-0.05, 0) is 45.9 Å².